The lowest BCUT2D eigenvalue weighted by atomic mass is 9.80. The highest BCUT2D eigenvalue weighted by Gasteiger charge is 2.50. The van der Waals surface area contributed by atoms with Crippen molar-refractivity contribution < 1.29 is 23.8 Å². The molecule has 7 nitrogen and oxygen atoms in total. The number of ether oxygens (including phenoxy) is 3. The number of nitrogens with zero attached hydrogens (tertiary/aromatic N) is 1. The van der Waals surface area contributed by atoms with Gasteiger partial charge in [-0.1, -0.05) is 43.7 Å². The lowest BCUT2D eigenvalue weighted by Crippen LogP contribution is -2.72. The van der Waals surface area contributed by atoms with Crippen LogP contribution in [-0.4, -0.2) is 67.6 Å². The molecule has 3 fully saturated rings. The van der Waals surface area contributed by atoms with E-state index in [1.54, 1.807) is 4.90 Å². The summed E-state index contributed by atoms with van der Waals surface area (Å²) in [5.41, 5.74) is 0.795. The summed E-state index contributed by atoms with van der Waals surface area (Å²) in [4.78, 5) is 26.9. The number of benzene rings is 1. The van der Waals surface area contributed by atoms with E-state index in [0.29, 0.717) is 32.3 Å². The molecule has 2 heterocycles. The van der Waals surface area contributed by atoms with Crippen molar-refractivity contribution in [1.29, 1.82) is 0 Å². The van der Waals surface area contributed by atoms with E-state index >= 15 is 0 Å². The van der Waals surface area contributed by atoms with Crippen LogP contribution in [0.25, 0.3) is 0 Å². The van der Waals surface area contributed by atoms with Gasteiger partial charge in [-0.2, -0.15) is 0 Å². The smallest absolute Gasteiger partial charge is 0.410 e. The van der Waals surface area contributed by atoms with Crippen molar-refractivity contribution in [2.75, 3.05) is 33.0 Å². The van der Waals surface area contributed by atoms with Gasteiger partial charge in [0.2, 0.25) is 5.91 Å². The number of unbranched alkanes of at least 4 members (excludes halogenated alkanes) is 1. The number of rotatable bonds is 7. The number of piperidine rings is 1. The lowest BCUT2D eigenvalue weighted by Gasteiger charge is -2.51. The van der Waals surface area contributed by atoms with E-state index in [-0.39, 0.29) is 30.8 Å². The van der Waals surface area contributed by atoms with Gasteiger partial charge in [-0.05, 0) is 56.4 Å². The van der Waals surface area contributed by atoms with E-state index in [4.69, 9.17) is 14.2 Å². The molecule has 3 aliphatic rings. The van der Waals surface area contributed by atoms with Gasteiger partial charge in [0.1, 0.15) is 6.61 Å². The highest BCUT2D eigenvalue weighted by molar-refractivity contribution is 5.79. The summed E-state index contributed by atoms with van der Waals surface area (Å²) in [6.07, 6.45) is 7.45. The van der Waals surface area contributed by atoms with Crippen LogP contribution in [0.4, 0.5) is 4.79 Å². The van der Waals surface area contributed by atoms with E-state index in [2.05, 4.69) is 42.6 Å². The zero-order valence-electron chi connectivity index (χ0n) is 19.8. The van der Waals surface area contributed by atoms with Gasteiger partial charge in [-0.3, -0.25) is 4.79 Å². The number of hydrogen-bond donors (Lipinski definition) is 1. The molecular formula is C26H38N2O5. The minimum atomic E-state index is -0.612. The SMILES string of the molecule is CCCCOC(=O)N1CCCC2(COCC(=O)N2)C1COC1CCC(c2ccccc2)CC1. The molecule has 2 aliphatic heterocycles. The van der Waals surface area contributed by atoms with Crippen molar-refractivity contribution in [2.24, 2.45) is 0 Å². The van der Waals surface area contributed by atoms with Crippen molar-refractivity contribution >= 4 is 12.0 Å². The molecule has 1 spiro atoms. The molecule has 1 aliphatic carbocycles. The first-order chi connectivity index (χ1) is 16.1. The second-order valence-electron chi connectivity index (χ2n) is 9.70. The molecule has 1 aromatic carbocycles. The van der Waals surface area contributed by atoms with Gasteiger partial charge in [0, 0.05) is 6.54 Å². The highest BCUT2D eigenvalue weighted by atomic mass is 16.6. The molecule has 2 unspecified atom stereocenters. The minimum Gasteiger partial charge on any atom is -0.449 e. The fourth-order valence-corrected chi connectivity index (χ4v) is 5.55. The molecule has 0 radical (unpaired) electrons. The molecule has 1 N–H and O–H groups in total. The zero-order valence-corrected chi connectivity index (χ0v) is 19.8. The summed E-state index contributed by atoms with van der Waals surface area (Å²) in [5, 5.41) is 3.16. The first-order valence-electron chi connectivity index (χ1n) is 12.6. The first-order valence-corrected chi connectivity index (χ1v) is 12.6. The maximum absolute atomic E-state index is 12.9. The van der Waals surface area contributed by atoms with Crippen LogP contribution in [0.5, 0.6) is 0 Å². The average molecular weight is 459 g/mol. The van der Waals surface area contributed by atoms with Gasteiger partial charge in [0.15, 0.2) is 0 Å². The Morgan fingerprint density at radius 2 is 2.00 bits per heavy atom. The summed E-state index contributed by atoms with van der Waals surface area (Å²) in [7, 11) is 0. The Morgan fingerprint density at radius 1 is 1.21 bits per heavy atom. The van der Waals surface area contributed by atoms with Crippen molar-refractivity contribution in [1.82, 2.24) is 10.2 Å². The number of carbonyl (C=O) groups is 2. The van der Waals surface area contributed by atoms with Gasteiger partial charge in [-0.25, -0.2) is 4.79 Å². The number of carbonyl (C=O) groups excluding carboxylic acids is 2. The van der Waals surface area contributed by atoms with Crippen LogP contribution < -0.4 is 5.32 Å². The van der Waals surface area contributed by atoms with E-state index in [1.165, 1.54) is 5.56 Å². The Bertz CT molecular complexity index is 776. The third-order valence-corrected chi connectivity index (χ3v) is 7.41. The second kappa shape index (κ2) is 11.3. The fraction of sp³-hybridized carbons (Fsp3) is 0.692. The highest BCUT2D eigenvalue weighted by Crippen LogP contribution is 2.36. The molecule has 1 saturated carbocycles. The monoisotopic (exact) mass is 458 g/mol. The molecule has 2 amide bonds. The summed E-state index contributed by atoms with van der Waals surface area (Å²) in [5.74, 6) is 0.457. The number of morpholine rings is 1. The van der Waals surface area contributed by atoms with E-state index < -0.39 is 5.54 Å². The first kappa shape index (κ1) is 24.0. The normalized spacial score (nSPS) is 30.2. The average Bonchev–Trinajstić information content (AvgIpc) is 2.84. The largest absolute Gasteiger partial charge is 0.449 e. The van der Waals surface area contributed by atoms with Crippen LogP contribution in [0.3, 0.4) is 0 Å². The van der Waals surface area contributed by atoms with Crippen LogP contribution >= 0.6 is 0 Å². The zero-order chi connectivity index (χ0) is 23.1. The van der Waals surface area contributed by atoms with Gasteiger partial charge >= 0.3 is 6.09 Å². The van der Waals surface area contributed by atoms with E-state index in [1.807, 2.05) is 0 Å². The maximum Gasteiger partial charge on any atom is 0.410 e. The summed E-state index contributed by atoms with van der Waals surface area (Å²) in [6, 6.07) is 10.4. The molecule has 0 bridgehead atoms. The Labute approximate surface area is 197 Å². The maximum atomic E-state index is 12.9. The molecule has 1 aromatic rings. The Balaban J connectivity index is 1.39. The summed E-state index contributed by atoms with van der Waals surface area (Å²) < 4.78 is 17.6. The van der Waals surface area contributed by atoms with Crippen molar-refractivity contribution in [3.8, 4) is 0 Å². The van der Waals surface area contributed by atoms with E-state index in [0.717, 1.165) is 51.4 Å². The molecule has 182 valence electrons. The third-order valence-electron chi connectivity index (χ3n) is 7.41. The van der Waals surface area contributed by atoms with Crippen LogP contribution in [0.15, 0.2) is 30.3 Å². The van der Waals surface area contributed by atoms with Gasteiger partial charge < -0.3 is 24.4 Å². The molecular weight excluding hydrogens is 420 g/mol. The van der Waals surface area contributed by atoms with Gasteiger partial charge in [0.05, 0.1) is 37.5 Å². The molecule has 2 saturated heterocycles. The minimum absolute atomic E-state index is 0.0692. The van der Waals surface area contributed by atoms with Crippen molar-refractivity contribution in [2.45, 2.75) is 81.9 Å². The Morgan fingerprint density at radius 3 is 2.73 bits per heavy atom. The molecule has 2 atom stereocenters. The van der Waals surface area contributed by atoms with Gasteiger partial charge in [-0.15, -0.1) is 0 Å². The predicted octanol–water partition coefficient (Wildman–Crippen LogP) is 4.02. The standard InChI is InChI=1S/C26H38N2O5/c1-2-3-16-32-25(30)28-15-7-14-26(19-31-18-24(29)27-26)23(28)17-33-22-12-10-21(11-13-22)20-8-5-4-6-9-20/h4-6,8-9,21-23H,2-3,7,10-19H2,1H3,(H,27,29). The Kier molecular flexibility index (Phi) is 8.25. The van der Waals surface area contributed by atoms with Crippen molar-refractivity contribution in [3.05, 3.63) is 35.9 Å². The van der Waals surface area contributed by atoms with Crippen LogP contribution in [0.2, 0.25) is 0 Å². The number of amides is 2. The summed E-state index contributed by atoms with van der Waals surface area (Å²) >= 11 is 0. The molecule has 7 heteroatoms. The number of hydrogen-bond acceptors (Lipinski definition) is 5. The fourth-order valence-electron chi connectivity index (χ4n) is 5.55. The summed E-state index contributed by atoms with van der Waals surface area (Å²) in [6.45, 7) is 3.94. The lowest BCUT2D eigenvalue weighted by molar-refractivity contribution is -0.144. The predicted molar refractivity (Wildman–Crippen MR) is 125 cm³/mol. The van der Waals surface area contributed by atoms with Crippen LogP contribution in [-0.2, 0) is 19.0 Å². The number of likely N-dealkylation sites (tertiary alicyclic amines) is 1. The van der Waals surface area contributed by atoms with E-state index in [9.17, 15) is 9.59 Å². The molecule has 4 rings (SSSR count). The number of nitrogens with one attached hydrogen (secondary N) is 1. The molecule has 0 aromatic heterocycles. The van der Waals surface area contributed by atoms with Crippen molar-refractivity contribution in [3.63, 3.8) is 0 Å². The van der Waals surface area contributed by atoms with Crippen LogP contribution in [0, 0.1) is 0 Å². The van der Waals surface area contributed by atoms with Crippen LogP contribution in [0.1, 0.15) is 69.8 Å². The third kappa shape index (κ3) is 5.87. The topological polar surface area (TPSA) is 77.1 Å². The quantitative estimate of drug-likeness (QED) is 0.625. The molecule has 33 heavy (non-hydrogen) atoms. The van der Waals surface area contributed by atoms with Gasteiger partial charge in [0.25, 0.3) is 0 Å². The Hall–Kier alpha value is -2.12. The second-order valence-corrected chi connectivity index (χ2v) is 9.70.